The van der Waals surface area contributed by atoms with E-state index in [2.05, 4.69) is 20.8 Å². The minimum atomic E-state index is 0.112. The fraction of sp³-hybridized carbons (Fsp3) is 0.900. The second-order valence-corrected chi connectivity index (χ2v) is 5.91. The van der Waals surface area contributed by atoms with Crippen LogP contribution in [-0.2, 0) is 4.79 Å². The van der Waals surface area contributed by atoms with Crippen molar-refractivity contribution in [2.75, 3.05) is 13.1 Å². The van der Waals surface area contributed by atoms with Crippen LogP contribution in [0, 0.1) is 11.3 Å². The highest BCUT2D eigenvalue weighted by Gasteiger charge is 2.62. The fourth-order valence-electron chi connectivity index (χ4n) is 2.61. The van der Waals surface area contributed by atoms with Crippen molar-refractivity contribution in [3.05, 3.63) is 0 Å². The van der Waals surface area contributed by atoms with E-state index >= 15 is 0 Å². The lowest BCUT2D eigenvalue weighted by molar-refractivity contribution is -0.127. The van der Waals surface area contributed by atoms with Crippen LogP contribution in [0.5, 0.6) is 0 Å². The van der Waals surface area contributed by atoms with Crippen molar-refractivity contribution >= 4 is 21.8 Å². The number of hydrogen-bond acceptors (Lipinski definition) is 1. The molecule has 0 bridgehead atoms. The van der Waals surface area contributed by atoms with Crippen molar-refractivity contribution in [2.45, 2.75) is 30.5 Å². The van der Waals surface area contributed by atoms with E-state index in [0.29, 0.717) is 5.91 Å². The van der Waals surface area contributed by atoms with Crippen molar-refractivity contribution in [2.24, 2.45) is 11.3 Å². The zero-order chi connectivity index (χ0) is 9.05. The largest absolute Gasteiger partial charge is 0.341 e. The lowest BCUT2D eigenvalue weighted by Crippen LogP contribution is -2.29. The molecule has 1 saturated heterocycles. The number of hydrogen-bond donors (Lipinski definition) is 0. The third-order valence-electron chi connectivity index (χ3n) is 3.92. The summed E-state index contributed by atoms with van der Waals surface area (Å²) in [5.74, 6) is 1.18. The summed E-state index contributed by atoms with van der Waals surface area (Å²) in [5.41, 5.74) is 0.741. The van der Waals surface area contributed by atoms with E-state index in [4.69, 9.17) is 0 Å². The van der Waals surface area contributed by atoms with Gasteiger partial charge in [0.15, 0.2) is 0 Å². The molecule has 3 rings (SSSR count). The van der Waals surface area contributed by atoms with Gasteiger partial charge in [0.1, 0.15) is 0 Å². The summed E-state index contributed by atoms with van der Waals surface area (Å²) in [5, 5.41) is 0. The summed E-state index contributed by atoms with van der Waals surface area (Å²) in [6.45, 7) is 2.02. The number of halogens is 1. The Morgan fingerprint density at radius 1 is 1.54 bits per heavy atom. The molecule has 2 atom stereocenters. The van der Waals surface area contributed by atoms with Gasteiger partial charge < -0.3 is 4.90 Å². The quantitative estimate of drug-likeness (QED) is 0.678. The van der Waals surface area contributed by atoms with E-state index < -0.39 is 0 Å². The van der Waals surface area contributed by atoms with Crippen LogP contribution >= 0.6 is 15.9 Å². The van der Waals surface area contributed by atoms with E-state index in [9.17, 15) is 4.79 Å². The Labute approximate surface area is 86.8 Å². The molecule has 2 saturated carbocycles. The van der Waals surface area contributed by atoms with Crippen molar-refractivity contribution < 1.29 is 4.79 Å². The predicted octanol–water partition coefficient (Wildman–Crippen LogP) is 1.78. The standard InChI is InChI=1S/C10H14BrNO/c11-8-1-4-12(9(8)13)6-7-5-10(7)2-3-10/h7-8H,1-6H2. The van der Waals surface area contributed by atoms with Crippen LogP contribution in [0.4, 0.5) is 0 Å². The maximum atomic E-state index is 11.6. The summed E-state index contributed by atoms with van der Waals surface area (Å²) in [6, 6.07) is 0. The van der Waals surface area contributed by atoms with Crippen LogP contribution < -0.4 is 0 Å². The minimum Gasteiger partial charge on any atom is -0.341 e. The molecule has 1 aliphatic heterocycles. The molecular formula is C10H14BrNO. The Kier molecular flexibility index (Phi) is 1.59. The second kappa shape index (κ2) is 2.50. The SMILES string of the molecule is O=C1C(Br)CCN1CC1CC12CC2. The number of carbonyl (C=O) groups is 1. The van der Waals surface area contributed by atoms with Gasteiger partial charge in [-0.25, -0.2) is 0 Å². The highest BCUT2D eigenvalue weighted by Crippen LogP contribution is 2.70. The first-order chi connectivity index (χ1) is 6.21. The fourth-order valence-corrected chi connectivity index (χ4v) is 3.11. The van der Waals surface area contributed by atoms with Gasteiger partial charge in [-0.3, -0.25) is 4.79 Å². The van der Waals surface area contributed by atoms with Crippen LogP contribution in [-0.4, -0.2) is 28.7 Å². The average molecular weight is 244 g/mol. The van der Waals surface area contributed by atoms with Gasteiger partial charge in [0.25, 0.3) is 0 Å². The molecule has 0 N–H and O–H groups in total. The number of nitrogens with zero attached hydrogens (tertiary/aromatic N) is 1. The van der Waals surface area contributed by atoms with Crippen LogP contribution in [0.1, 0.15) is 25.7 Å². The third kappa shape index (κ3) is 1.24. The average Bonchev–Trinajstić information content (AvgIpc) is 2.99. The van der Waals surface area contributed by atoms with E-state index in [1.807, 2.05) is 0 Å². The monoisotopic (exact) mass is 243 g/mol. The molecule has 3 aliphatic rings. The molecule has 3 fully saturated rings. The molecule has 2 nitrogen and oxygen atoms in total. The molecule has 13 heavy (non-hydrogen) atoms. The summed E-state index contributed by atoms with van der Waals surface area (Å²) >= 11 is 3.41. The van der Waals surface area contributed by atoms with Crippen LogP contribution in [0.2, 0.25) is 0 Å². The Morgan fingerprint density at radius 2 is 2.31 bits per heavy atom. The van der Waals surface area contributed by atoms with Crippen molar-refractivity contribution in [3.8, 4) is 0 Å². The Bertz CT molecular complexity index is 262. The molecule has 2 unspecified atom stereocenters. The Hall–Kier alpha value is -0.0500. The van der Waals surface area contributed by atoms with Crippen LogP contribution in [0.25, 0.3) is 0 Å². The predicted molar refractivity (Wildman–Crippen MR) is 53.7 cm³/mol. The third-order valence-corrected chi connectivity index (χ3v) is 4.77. The number of rotatable bonds is 2. The molecular weight excluding hydrogens is 230 g/mol. The maximum Gasteiger partial charge on any atom is 0.236 e. The molecule has 3 heteroatoms. The molecule has 2 aliphatic carbocycles. The van der Waals surface area contributed by atoms with E-state index in [-0.39, 0.29) is 4.83 Å². The topological polar surface area (TPSA) is 20.3 Å². The summed E-state index contributed by atoms with van der Waals surface area (Å²) < 4.78 is 0. The summed E-state index contributed by atoms with van der Waals surface area (Å²) in [7, 11) is 0. The zero-order valence-electron chi connectivity index (χ0n) is 7.63. The van der Waals surface area contributed by atoms with Crippen molar-refractivity contribution in [1.82, 2.24) is 4.90 Å². The lowest BCUT2D eigenvalue weighted by Gasteiger charge is -2.15. The smallest absolute Gasteiger partial charge is 0.236 e. The highest BCUT2D eigenvalue weighted by atomic mass is 79.9. The van der Waals surface area contributed by atoms with Gasteiger partial charge >= 0.3 is 0 Å². The zero-order valence-corrected chi connectivity index (χ0v) is 9.22. The van der Waals surface area contributed by atoms with Crippen LogP contribution in [0.15, 0.2) is 0 Å². The Balaban J connectivity index is 1.58. The number of carbonyl (C=O) groups excluding carboxylic acids is 1. The molecule has 1 heterocycles. The summed E-state index contributed by atoms with van der Waals surface area (Å²) in [6.07, 6.45) is 5.25. The molecule has 0 aromatic carbocycles. The van der Waals surface area contributed by atoms with Gasteiger partial charge in [0.05, 0.1) is 4.83 Å². The summed E-state index contributed by atoms with van der Waals surface area (Å²) in [4.78, 5) is 13.7. The lowest BCUT2D eigenvalue weighted by atomic mass is 10.3. The highest BCUT2D eigenvalue weighted by molar-refractivity contribution is 9.10. The van der Waals surface area contributed by atoms with Gasteiger partial charge in [-0.1, -0.05) is 15.9 Å². The Morgan fingerprint density at radius 3 is 2.77 bits per heavy atom. The van der Waals surface area contributed by atoms with E-state index in [1.165, 1.54) is 19.3 Å². The number of likely N-dealkylation sites (tertiary alicyclic amines) is 1. The number of amides is 1. The van der Waals surface area contributed by atoms with Crippen molar-refractivity contribution in [3.63, 3.8) is 0 Å². The molecule has 1 amide bonds. The van der Waals surface area contributed by atoms with Crippen LogP contribution in [0.3, 0.4) is 0 Å². The second-order valence-electron chi connectivity index (χ2n) is 4.80. The van der Waals surface area contributed by atoms with E-state index in [0.717, 1.165) is 30.8 Å². The molecule has 72 valence electrons. The van der Waals surface area contributed by atoms with Gasteiger partial charge in [-0.15, -0.1) is 0 Å². The normalized spacial score (nSPS) is 40.1. The van der Waals surface area contributed by atoms with E-state index in [1.54, 1.807) is 0 Å². The first kappa shape index (κ1) is 8.27. The molecule has 0 aromatic rings. The van der Waals surface area contributed by atoms with Crippen molar-refractivity contribution in [1.29, 1.82) is 0 Å². The first-order valence-electron chi connectivity index (χ1n) is 5.14. The molecule has 0 aromatic heterocycles. The first-order valence-corrected chi connectivity index (χ1v) is 6.06. The minimum absolute atomic E-state index is 0.112. The maximum absolute atomic E-state index is 11.6. The number of alkyl halides is 1. The van der Waals surface area contributed by atoms with Gasteiger partial charge in [-0.2, -0.15) is 0 Å². The molecule has 1 spiro atoms. The van der Waals surface area contributed by atoms with Gasteiger partial charge in [0.2, 0.25) is 5.91 Å². The molecule has 0 radical (unpaired) electrons. The van der Waals surface area contributed by atoms with Gasteiger partial charge in [-0.05, 0) is 37.0 Å². The van der Waals surface area contributed by atoms with Gasteiger partial charge in [0, 0.05) is 13.1 Å².